The van der Waals surface area contributed by atoms with Gasteiger partial charge in [0.15, 0.2) is 0 Å². The lowest BCUT2D eigenvalue weighted by Gasteiger charge is -2.18. The van der Waals surface area contributed by atoms with Gasteiger partial charge in [-0.3, -0.25) is 4.79 Å². The van der Waals surface area contributed by atoms with Gasteiger partial charge in [-0.2, -0.15) is 5.10 Å². The van der Waals surface area contributed by atoms with Crippen LogP contribution in [0.4, 0.5) is 5.69 Å². The molecule has 0 aliphatic carbocycles. The molecule has 1 amide bonds. The van der Waals surface area contributed by atoms with Gasteiger partial charge in [0, 0.05) is 24.3 Å². The first-order chi connectivity index (χ1) is 13.7. The summed E-state index contributed by atoms with van der Waals surface area (Å²) in [5.74, 6) is 0.547. The van der Waals surface area contributed by atoms with Crippen molar-refractivity contribution in [3.63, 3.8) is 0 Å². The Morgan fingerprint density at radius 2 is 1.71 bits per heavy atom. The van der Waals surface area contributed by atoms with Gasteiger partial charge in [0.25, 0.3) is 5.91 Å². The number of methoxy groups -OCH3 is 1. The number of carbonyl (C=O) groups is 1. The van der Waals surface area contributed by atoms with Gasteiger partial charge in [0.2, 0.25) is 0 Å². The maximum Gasteiger partial charge on any atom is 0.271 e. The first-order valence-corrected chi connectivity index (χ1v) is 9.12. The molecule has 1 aliphatic heterocycles. The van der Waals surface area contributed by atoms with Crippen LogP contribution in [0.15, 0.2) is 77.9 Å². The fourth-order valence-electron chi connectivity index (χ4n) is 3.28. The van der Waals surface area contributed by atoms with Crippen LogP contribution in [-0.4, -0.2) is 19.2 Å². The zero-order valence-electron chi connectivity index (χ0n) is 15.6. The number of anilines is 1. The maximum absolute atomic E-state index is 12.5. The Bertz CT molecular complexity index is 987. The smallest absolute Gasteiger partial charge is 0.271 e. The van der Waals surface area contributed by atoms with E-state index >= 15 is 0 Å². The molecule has 4 rings (SSSR count). The third-order valence-electron chi connectivity index (χ3n) is 4.81. The van der Waals surface area contributed by atoms with Crippen LogP contribution in [0.1, 0.15) is 27.0 Å². The number of carbonyl (C=O) groups excluding carboxylic acids is 1. The molecule has 0 aromatic heterocycles. The Kier molecular flexibility index (Phi) is 5.06. The highest BCUT2D eigenvalue weighted by Crippen LogP contribution is 2.28. The van der Waals surface area contributed by atoms with Gasteiger partial charge in [-0.05, 0) is 59.2 Å². The summed E-state index contributed by atoms with van der Waals surface area (Å²) in [5, 5.41) is 4.05. The second-order valence-electron chi connectivity index (χ2n) is 6.65. The molecule has 0 fully saturated rings. The van der Waals surface area contributed by atoms with E-state index < -0.39 is 0 Å². The Hall–Kier alpha value is -3.60. The Morgan fingerprint density at radius 1 is 1.00 bits per heavy atom. The van der Waals surface area contributed by atoms with E-state index in [9.17, 15) is 4.79 Å². The molecule has 1 aliphatic rings. The van der Waals surface area contributed by atoms with E-state index in [1.165, 1.54) is 11.1 Å². The Morgan fingerprint density at radius 3 is 2.39 bits per heavy atom. The molecular formula is C23H21N3O2. The van der Waals surface area contributed by atoms with E-state index in [-0.39, 0.29) is 5.91 Å². The van der Waals surface area contributed by atoms with Gasteiger partial charge in [-0.15, -0.1) is 0 Å². The number of amides is 1. The fourth-order valence-corrected chi connectivity index (χ4v) is 3.28. The number of ether oxygens (including phenoxy) is 1. The average molecular weight is 371 g/mol. The van der Waals surface area contributed by atoms with E-state index in [4.69, 9.17) is 4.74 Å². The number of benzene rings is 3. The number of hydrogen-bond acceptors (Lipinski definition) is 4. The second-order valence-corrected chi connectivity index (χ2v) is 6.65. The summed E-state index contributed by atoms with van der Waals surface area (Å²) in [6.45, 7) is 1.72. The molecule has 0 unspecified atom stereocenters. The van der Waals surface area contributed by atoms with E-state index in [0.29, 0.717) is 5.56 Å². The zero-order valence-corrected chi connectivity index (χ0v) is 15.6. The number of nitrogens with one attached hydrogen (secondary N) is 1. The van der Waals surface area contributed by atoms with Crippen molar-refractivity contribution in [3.05, 3.63) is 95.1 Å². The Labute approximate surface area is 164 Å². The number of hydrazone groups is 1. The topological polar surface area (TPSA) is 53.9 Å². The molecule has 1 heterocycles. The van der Waals surface area contributed by atoms with Gasteiger partial charge in [-0.25, -0.2) is 5.43 Å². The van der Waals surface area contributed by atoms with Crippen LogP contribution >= 0.6 is 0 Å². The number of hydrogen-bond donors (Lipinski definition) is 1. The summed E-state index contributed by atoms with van der Waals surface area (Å²) in [7, 11) is 1.62. The normalized spacial score (nSPS) is 12.8. The first-order valence-electron chi connectivity index (χ1n) is 9.12. The van der Waals surface area contributed by atoms with Crippen molar-refractivity contribution in [2.75, 3.05) is 12.0 Å². The van der Waals surface area contributed by atoms with Crippen LogP contribution < -0.4 is 15.1 Å². The van der Waals surface area contributed by atoms with Gasteiger partial charge in [-0.1, -0.05) is 30.3 Å². The minimum absolute atomic E-state index is 0.233. The third-order valence-corrected chi connectivity index (χ3v) is 4.81. The van der Waals surface area contributed by atoms with Crippen LogP contribution in [-0.2, 0) is 13.1 Å². The molecule has 0 spiro atoms. The molecule has 5 nitrogen and oxygen atoms in total. The van der Waals surface area contributed by atoms with Crippen molar-refractivity contribution in [2.24, 2.45) is 5.10 Å². The van der Waals surface area contributed by atoms with Crippen LogP contribution in [0, 0.1) is 0 Å². The minimum Gasteiger partial charge on any atom is -0.497 e. The third kappa shape index (κ3) is 3.88. The first kappa shape index (κ1) is 17.8. The fraction of sp³-hybridized carbons (Fsp3) is 0.130. The SMILES string of the molecule is COc1ccc(/C=N\NC(=O)c2cccc(N3Cc4ccccc4C3)c2)cc1. The summed E-state index contributed by atoms with van der Waals surface area (Å²) in [4.78, 5) is 14.7. The number of rotatable bonds is 5. The summed E-state index contributed by atoms with van der Waals surface area (Å²) in [6, 6.07) is 23.5. The summed E-state index contributed by atoms with van der Waals surface area (Å²) < 4.78 is 5.13. The predicted molar refractivity (Wildman–Crippen MR) is 111 cm³/mol. The van der Waals surface area contributed by atoms with E-state index in [0.717, 1.165) is 30.1 Å². The van der Waals surface area contributed by atoms with E-state index in [1.54, 1.807) is 19.4 Å². The minimum atomic E-state index is -0.233. The number of nitrogens with zero attached hydrogens (tertiary/aromatic N) is 2. The monoisotopic (exact) mass is 371 g/mol. The molecule has 0 saturated heterocycles. The van der Waals surface area contributed by atoms with Gasteiger partial charge in [0.1, 0.15) is 5.75 Å². The van der Waals surface area contributed by atoms with Crippen LogP contribution in [0.5, 0.6) is 5.75 Å². The van der Waals surface area contributed by atoms with Crippen LogP contribution in [0.25, 0.3) is 0 Å². The predicted octanol–water partition coefficient (Wildman–Crippen LogP) is 3.98. The summed E-state index contributed by atoms with van der Waals surface area (Å²) >= 11 is 0. The van der Waals surface area contributed by atoms with Crippen LogP contribution in [0.3, 0.4) is 0 Å². The molecule has 3 aromatic carbocycles. The van der Waals surface area contributed by atoms with Crippen molar-refractivity contribution >= 4 is 17.8 Å². The van der Waals surface area contributed by atoms with Gasteiger partial charge < -0.3 is 9.64 Å². The molecule has 1 N–H and O–H groups in total. The average Bonchev–Trinajstić information content (AvgIpc) is 3.19. The lowest BCUT2D eigenvalue weighted by atomic mass is 10.1. The molecule has 140 valence electrons. The molecule has 28 heavy (non-hydrogen) atoms. The highest BCUT2D eigenvalue weighted by Gasteiger charge is 2.19. The van der Waals surface area contributed by atoms with Crippen LogP contribution in [0.2, 0.25) is 0 Å². The van der Waals surface area contributed by atoms with Crippen molar-refractivity contribution in [1.29, 1.82) is 0 Å². The highest BCUT2D eigenvalue weighted by atomic mass is 16.5. The van der Waals surface area contributed by atoms with Gasteiger partial charge in [0.05, 0.1) is 13.3 Å². The summed E-state index contributed by atoms with van der Waals surface area (Å²) in [5.41, 5.74) is 7.75. The molecule has 5 heteroatoms. The maximum atomic E-state index is 12.5. The molecular weight excluding hydrogens is 350 g/mol. The lowest BCUT2D eigenvalue weighted by Crippen LogP contribution is -2.19. The van der Waals surface area contributed by atoms with Crippen molar-refractivity contribution in [1.82, 2.24) is 5.43 Å². The highest BCUT2D eigenvalue weighted by molar-refractivity contribution is 5.95. The largest absolute Gasteiger partial charge is 0.497 e. The lowest BCUT2D eigenvalue weighted by molar-refractivity contribution is 0.0955. The molecule has 0 radical (unpaired) electrons. The zero-order chi connectivity index (χ0) is 19.3. The molecule has 0 bridgehead atoms. The Balaban J connectivity index is 1.41. The second kappa shape index (κ2) is 7.96. The van der Waals surface area contributed by atoms with Crippen molar-refractivity contribution in [3.8, 4) is 5.75 Å². The van der Waals surface area contributed by atoms with Crippen molar-refractivity contribution in [2.45, 2.75) is 13.1 Å². The van der Waals surface area contributed by atoms with E-state index in [2.05, 4.69) is 39.7 Å². The van der Waals surface area contributed by atoms with Gasteiger partial charge >= 0.3 is 0 Å². The van der Waals surface area contributed by atoms with Crippen molar-refractivity contribution < 1.29 is 9.53 Å². The molecule has 0 atom stereocenters. The summed E-state index contributed by atoms with van der Waals surface area (Å²) in [6.07, 6.45) is 1.61. The number of fused-ring (bicyclic) bond motifs is 1. The standard InChI is InChI=1S/C23H21N3O2/c1-28-22-11-9-17(10-12-22)14-24-25-23(27)18-7-4-8-21(13-18)26-15-19-5-2-3-6-20(19)16-26/h2-14H,15-16H2,1H3,(H,25,27)/b24-14-. The van der Waals surface area contributed by atoms with E-state index in [1.807, 2.05) is 42.5 Å². The molecule has 3 aromatic rings. The quantitative estimate of drug-likeness (QED) is 0.545. The molecule has 0 saturated carbocycles.